The fourth-order valence-electron chi connectivity index (χ4n) is 3.89. The number of thiophene rings is 1. The summed E-state index contributed by atoms with van der Waals surface area (Å²) in [6, 6.07) is 15.3. The van der Waals surface area contributed by atoms with E-state index in [1.807, 2.05) is 11.4 Å². The van der Waals surface area contributed by atoms with E-state index in [2.05, 4.69) is 41.0 Å². The van der Waals surface area contributed by atoms with E-state index in [1.165, 1.54) is 17.8 Å². The van der Waals surface area contributed by atoms with Crippen LogP contribution in [0.2, 0.25) is 0 Å². The van der Waals surface area contributed by atoms with E-state index in [0.717, 1.165) is 48.4 Å². The van der Waals surface area contributed by atoms with Gasteiger partial charge >= 0.3 is 0 Å². The van der Waals surface area contributed by atoms with Crippen LogP contribution < -0.4 is 4.90 Å². The van der Waals surface area contributed by atoms with Gasteiger partial charge in [0.2, 0.25) is 0 Å². The molecule has 1 fully saturated rings. The minimum absolute atomic E-state index is 0.0920. The van der Waals surface area contributed by atoms with E-state index in [9.17, 15) is 9.50 Å². The second kappa shape index (κ2) is 7.97. The first kappa shape index (κ1) is 18.4. The molecule has 1 aliphatic rings. The van der Waals surface area contributed by atoms with Crippen molar-refractivity contribution in [2.75, 3.05) is 37.6 Å². The van der Waals surface area contributed by atoms with E-state index >= 15 is 0 Å². The number of aliphatic hydroxyl groups is 1. The lowest BCUT2D eigenvalue weighted by molar-refractivity contribution is 0.0876. The molecule has 1 saturated heterocycles. The van der Waals surface area contributed by atoms with Gasteiger partial charge in [-0.25, -0.2) is 4.39 Å². The predicted octanol–water partition coefficient (Wildman–Crippen LogP) is 4.53. The molecule has 27 heavy (non-hydrogen) atoms. The van der Waals surface area contributed by atoms with E-state index in [1.54, 1.807) is 17.4 Å². The lowest BCUT2D eigenvalue weighted by Crippen LogP contribution is -2.48. The number of benzene rings is 2. The second-order valence-corrected chi connectivity index (χ2v) is 8.29. The van der Waals surface area contributed by atoms with Crippen molar-refractivity contribution >= 4 is 27.1 Å². The minimum atomic E-state index is -0.576. The molecule has 0 saturated carbocycles. The van der Waals surface area contributed by atoms with Gasteiger partial charge in [-0.05, 0) is 47.2 Å². The van der Waals surface area contributed by atoms with Crippen molar-refractivity contribution in [2.24, 2.45) is 5.92 Å². The summed E-state index contributed by atoms with van der Waals surface area (Å²) < 4.78 is 14.6. The molecular formula is C22H25FN2OS. The van der Waals surface area contributed by atoms with E-state index in [0.29, 0.717) is 0 Å². The molecule has 142 valence electrons. The first-order chi connectivity index (χ1) is 13.1. The molecule has 0 radical (unpaired) electrons. The Morgan fingerprint density at radius 3 is 2.56 bits per heavy atom. The molecule has 0 spiro atoms. The molecule has 4 rings (SSSR count). The molecule has 3 nitrogen and oxygen atoms in total. The summed E-state index contributed by atoms with van der Waals surface area (Å²) >= 11 is 1.57. The summed E-state index contributed by atoms with van der Waals surface area (Å²) in [6.45, 7) is 6.91. The molecule has 3 aromatic rings. The van der Waals surface area contributed by atoms with Crippen LogP contribution in [0.4, 0.5) is 10.1 Å². The molecule has 0 amide bonds. The molecule has 2 atom stereocenters. The highest BCUT2D eigenvalue weighted by Gasteiger charge is 2.24. The third-order valence-corrected chi connectivity index (χ3v) is 6.44. The molecule has 2 unspecified atom stereocenters. The lowest BCUT2D eigenvalue weighted by atomic mass is 9.96. The van der Waals surface area contributed by atoms with E-state index in [-0.39, 0.29) is 11.7 Å². The van der Waals surface area contributed by atoms with Crippen LogP contribution in [0.3, 0.4) is 0 Å². The topological polar surface area (TPSA) is 26.7 Å². The van der Waals surface area contributed by atoms with Crippen molar-refractivity contribution in [3.63, 3.8) is 0 Å². The maximum Gasteiger partial charge on any atom is 0.123 e. The van der Waals surface area contributed by atoms with Crippen LogP contribution in [-0.4, -0.2) is 42.7 Å². The summed E-state index contributed by atoms with van der Waals surface area (Å²) in [4.78, 5) is 4.83. The Kier molecular flexibility index (Phi) is 5.43. The van der Waals surface area contributed by atoms with Crippen LogP contribution >= 0.6 is 11.3 Å². The number of hydrogen-bond donors (Lipinski definition) is 1. The average Bonchev–Trinajstić information content (AvgIpc) is 3.11. The van der Waals surface area contributed by atoms with Crippen molar-refractivity contribution < 1.29 is 9.50 Å². The third kappa shape index (κ3) is 4.00. The Morgan fingerprint density at radius 1 is 1.07 bits per heavy atom. The number of piperazine rings is 1. The maximum atomic E-state index is 13.6. The molecule has 2 heterocycles. The summed E-state index contributed by atoms with van der Waals surface area (Å²) in [5.41, 5.74) is 2.13. The lowest BCUT2D eigenvalue weighted by Gasteiger charge is -2.37. The number of hydrogen-bond acceptors (Lipinski definition) is 4. The second-order valence-electron chi connectivity index (χ2n) is 7.38. The van der Waals surface area contributed by atoms with Gasteiger partial charge in [0.05, 0.1) is 6.10 Å². The molecule has 1 N–H and O–H groups in total. The number of aliphatic hydroxyl groups excluding tert-OH is 1. The van der Waals surface area contributed by atoms with Crippen LogP contribution in [0.15, 0.2) is 53.9 Å². The van der Waals surface area contributed by atoms with Crippen molar-refractivity contribution in [3.8, 4) is 0 Å². The number of nitrogens with zero attached hydrogens (tertiary/aromatic N) is 2. The van der Waals surface area contributed by atoms with Gasteiger partial charge in [-0.2, -0.15) is 0 Å². The molecule has 0 aliphatic carbocycles. The summed E-state index contributed by atoms with van der Waals surface area (Å²) in [7, 11) is 0. The number of para-hydroxylation sites is 1. The summed E-state index contributed by atoms with van der Waals surface area (Å²) in [5, 5.41) is 13.7. The van der Waals surface area contributed by atoms with Gasteiger partial charge in [-0.1, -0.05) is 25.1 Å². The van der Waals surface area contributed by atoms with Crippen molar-refractivity contribution in [1.29, 1.82) is 0 Å². The van der Waals surface area contributed by atoms with Gasteiger partial charge in [-0.15, -0.1) is 11.3 Å². The first-order valence-electron chi connectivity index (χ1n) is 9.49. The highest BCUT2D eigenvalue weighted by atomic mass is 32.1. The van der Waals surface area contributed by atoms with Crippen LogP contribution in [0, 0.1) is 11.7 Å². The number of anilines is 1. The third-order valence-electron chi connectivity index (χ3n) is 5.46. The Labute approximate surface area is 163 Å². The average molecular weight is 385 g/mol. The van der Waals surface area contributed by atoms with Crippen LogP contribution in [0.25, 0.3) is 10.1 Å². The summed E-state index contributed by atoms with van der Waals surface area (Å²) in [6.07, 6.45) is -0.576. The van der Waals surface area contributed by atoms with Gasteiger partial charge in [-0.3, -0.25) is 4.90 Å². The highest BCUT2D eigenvalue weighted by Crippen LogP contribution is 2.34. The Balaban J connectivity index is 1.37. The van der Waals surface area contributed by atoms with Crippen molar-refractivity contribution in [3.05, 3.63) is 65.3 Å². The van der Waals surface area contributed by atoms with Crippen LogP contribution in [0.5, 0.6) is 0 Å². The van der Waals surface area contributed by atoms with E-state index < -0.39 is 6.10 Å². The number of fused-ring (bicyclic) bond motifs is 1. The standard InChI is InChI=1S/C22H25FN2OS/c1-16(22(26)20-15-27-21-8-7-17(23)13-19(20)21)14-24-9-11-25(12-10-24)18-5-3-2-4-6-18/h2-8,13,15-16,22,26H,9-12,14H2,1H3. The van der Waals surface area contributed by atoms with Gasteiger partial charge < -0.3 is 10.0 Å². The fourth-order valence-corrected chi connectivity index (χ4v) is 4.86. The monoisotopic (exact) mass is 384 g/mol. The number of halogens is 1. The van der Waals surface area contributed by atoms with Gasteiger partial charge in [0.1, 0.15) is 5.82 Å². The SMILES string of the molecule is CC(CN1CCN(c2ccccc2)CC1)C(O)c1csc2ccc(F)cc12. The number of rotatable bonds is 5. The Hall–Kier alpha value is -1.95. The van der Waals surface area contributed by atoms with E-state index in [4.69, 9.17) is 0 Å². The minimum Gasteiger partial charge on any atom is -0.388 e. The fraction of sp³-hybridized carbons (Fsp3) is 0.364. The zero-order chi connectivity index (χ0) is 18.8. The largest absolute Gasteiger partial charge is 0.388 e. The Bertz CT molecular complexity index is 890. The first-order valence-corrected chi connectivity index (χ1v) is 10.4. The van der Waals surface area contributed by atoms with Gasteiger partial charge in [0, 0.05) is 48.5 Å². The van der Waals surface area contributed by atoms with Crippen LogP contribution in [-0.2, 0) is 0 Å². The molecule has 1 aromatic heterocycles. The normalized spacial score (nSPS) is 18.0. The zero-order valence-corrected chi connectivity index (χ0v) is 16.3. The van der Waals surface area contributed by atoms with Crippen molar-refractivity contribution in [1.82, 2.24) is 4.90 Å². The van der Waals surface area contributed by atoms with Crippen LogP contribution in [0.1, 0.15) is 18.6 Å². The summed E-state index contributed by atoms with van der Waals surface area (Å²) in [5.74, 6) is -0.159. The quantitative estimate of drug-likeness (QED) is 0.700. The zero-order valence-electron chi connectivity index (χ0n) is 15.5. The maximum absolute atomic E-state index is 13.6. The molecule has 0 bridgehead atoms. The van der Waals surface area contributed by atoms with Gasteiger partial charge in [0.25, 0.3) is 0 Å². The predicted molar refractivity (Wildman–Crippen MR) is 111 cm³/mol. The smallest absolute Gasteiger partial charge is 0.123 e. The molecular weight excluding hydrogens is 359 g/mol. The van der Waals surface area contributed by atoms with Crippen molar-refractivity contribution in [2.45, 2.75) is 13.0 Å². The highest BCUT2D eigenvalue weighted by molar-refractivity contribution is 7.17. The van der Waals surface area contributed by atoms with Gasteiger partial charge in [0.15, 0.2) is 0 Å². The molecule has 5 heteroatoms. The molecule has 1 aliphatic heterocycles. The molecule has 2 aromatic carbocycles. The Morgan fingerprint density at radius 2 is 1.81 bits per heavy atom.